The Balaban J connectivity index is 1.98. The molecule has 69 heavy (non-hydrogen) atoms. The molecule has 0 saturated carbocycles. The van der Waals surface area contributed by atoms with Crippen molar-refractivity contribution in [2.45, 2.75) is 149 Å². The molecule has 20 heteroatoms. The smallest absolute Gasteiger partial charge is 0.303 e. The number of benzene rings is 2. The molecular formula is C49H68N8O12. The van der Waals surface area contributed by atoms with E-state index in [1.54, 1.807) is 82.4 Å². The van der Waals surface area contributed by atoms with Gasteiger partial charge in [0.1, 0.15) is 30.2 Å². The molecule has 1 unspecified atom stereocenters. The molecule has 6 atom stereocenters. The number of H-pyrrole nitrogens is 1. The van der Waals surface area contributed by atoms with Crippen molar-refractivity contribution < 1.29 is 58.2 Å². The minimum atomic E-state index is -1.58. The van der Waals surface area contributed by atoms with Gasteiger partial charge in [-0.05, 0) is 60.3 Å². The van der Waals surface area contributed by atoms with Crippen LogP contribution in [0.2, 0.25) is 0 Å². The van der Waals surface area contributed by atoms with E-state index in [0.29, 0.717) is 24.0 Å². The van der Waals surface area contributed by atoms with E-state index in [0.717, 1.165) is 16.5 Å². The number of aromatic amines is 1. The second kappa shape index (κ2) is 26.4. The highest BCUT2D eigenvalue weighted by Gasteiger charge is 2.39. The Kier molecular flexibility index (Phi) is 21.5. The van der Waals surface area contributed by atoms with Crippen LogP contribution < -0.4 is 37.6 Å². The average molecular weight is 961 g/mol. The van der Waals surface area contributed by atoms with Crippen LogP contribution in [0.5, 0.6) is 0 Å². The van der Waals surface area contributed by atoms with Crippen LogP contribution in [0.15, 0.2) is 54.7 Å². The van der Waals surface area contributed by atoms with Gasteiger partial charge in [0.25, 0.3) is 5.91 Å². The van der Waals surface area contributed by atoms with E-state index in [9.17, 15) is 53.1 Å². The molecular weight excluding hydrogens is 893 g/mol. The summed E-state index contributed by atoms with van der Waals surface area (Å²) in [6.07, 6.45) is 0.777. The van der Waals surface area contributed by atoms with E-state index < -0.39 is 126 Å². The molecule has 0 aliphatic rings. The molecule has 0 saturated heterocycles. The van der Waals surface area contributed by atoms with Crippen molar-refractivity contribution in [1.82, 2.24) is 36.9 Å². The predicted molar refractivity (Wildman–Crippen MR) is 255 cm³/mol. The number of aromatic nitrogens is 1. The van der Waals surface area contributed by atoms with E-state index >= 15 is 0 Å². The topological polar surface area (TPSA) is 325 Å². The standard InChI is InChI=1S/C49H68N8O12/c1-8-9-17-33(41(63)43(50)64)53-45(66)35(23-27(2)3)56-48(69)42(49(5,6)7)57-47(68)37(24-29-15-11-10-14-28(29)4)55-44(65)34(19-21-39(59)60)54-46(67)36(52-38(58)20-22-40(61)62)25-30-26-51-32-18-13-12-16-31(30)32/h10-16,18,26-27,33-37,42,51H,8-9,17,19-25H2,1-7H3,(H2,50,64)(H,52,58)(H,53,66)(H,54,67)(H,55,65)(H,56,69)(H,57,68)(H,59,60)(H,61,62)/t33?,34-,35-,36-,37-,42+/m0/s1. The van der Waals surface area contributed by atoms with Crippen LogP contribution in [0.25, 0.3) is 10.9 Å². The van der Waals surface area contributed by atoms with E-state index in [-0.39, 0.29) is 31.6 Å². The SMILES string of the molecule is CCCCC(NC(=O)[C@H](CC(C)C)NC(=O)[C@@H](NC(=O)[C@H](Cc1ccccc1C)NC(=O)[C@H](CCC(=O)O)NC(=O)[C@H](Cc1c[nH]c2ccccc12)NC(=O)CCC(=O)O)C(C)(C)C)C(=O)C(N)=O. The van der Waals surface area contributed by atoms with Crippen molar-refractivity contribution in [1.29, 1.82) is 0 Å². The van der Waals surface area contributed by atoms with Crippen LogP contribution in [0, 0.1) is 18.3 Å². The molecule has 1 heterocycles. The lowest BCUT2D eigenvalue weighted by Gasteiger charge is -2.34. The van der Waals surface area contributed by atoms with Crippen LogP contribution in [0.3, 0.4) is 0 Å². The van der Waals surface area contributed by atoms with Crippen LogP contribution >= 0.6 is 0 Å². The molecule has 11 N–H and O–H groups in total. The first-order valence-corrected chi connectivity index (χ1v) is 23.1. The minimum absolute atomic E-state index is 0.109. The summed E-state index contributed by atoms with van der Waals surface area (Å²) in [4.78, 5) is 135. The molecule has 3 rings (SSSR count). The molecule has 376 valence electrons. The highest BCUT2D eigenvalue weighted by molar-refractivity contribution is 6.37. The Labute approximate surface area is 401 Å². The average Bonchev–Trinajstić information content (AvgIpc) is 3.68. The summed E-state index contributed by atoms with van der Waals surface area (Å²) in [7, 11) is 0. The van der Waals surface area contributed by atoms with Gasteiger partial charge in [0.15, 0.2) is 0 Å². The Morgan fingerprint density at radius 1 is 0.623 bits per heavy atom. The van der Waals surface area contributed by atoms with Gasteiger partial charge < -0.3 is 52.8 Å². The Hall–Kier alpha value is -7.12. The number of rotatable bonds is 28. The third-order valence-electron chi connectivity index (χ3n) is 11.4. The zero-order valence-corrected chi connectivity index (χ0v) is 40.4. The molecule has 0 spiro atoms. The number of unbranched alkanes of at least 4 members (excludes halogenated alkanes) is 1. The van der Waals surface area contributed by atoms with Gasteiger partial charge in [-0.3, -0.25) is 47.9 Å². The lowest BCUT2D eigenvalue weighted by molar-refractivity contribution is -0.140. The number of fused-ring (bicyclic) bond motifs is 1. The van der Waals surface area contributed by atoms with Crippen LogP contribution in [-0.2, 0) is 60.8 Å². The monoisotopic (exact) mass is 960 g/mol. The summed E-state index contributed by atoms with van der Waals surface area (Å²) in [6, 6.07) is 6.02. The normalized spacial score (nSPS) is 14.0. The molecule has 0 fully saturated rings. The number of carbonyl (C=O) groups excluding carboxylic acids is 8. The summed E-state index contributed by atoms with van der Waals surface area (Å²) in [6.45, 7) is 12.3. The second-order valence-electron chi connectivity index (χ2n) is 18.7. The second-order valence-corrected chi connectivity index (χ2v) is 18.7. The number of nitrogens with one attached hydrogen (secondary N) is 7. The Bertz CT molecular complexity index is 2340. The molecule has 1 aromatic heterocycles. The third kappa shape index (κ3) is 18.1. The molecule has 3 aromatic rings. The molecule has 0 bridgehead atoms. The summed E-state index contributed by atoms with van der Waals surface area (Å²) in [5, 5.41) is 35.4. The van der Waals surface area contributed by atoms with Crippen molar-refractivity contribution in [2.75, 3.05) is 0 Å². The van der Waals surface area contributed by atoms with Crippen molar-refractivity contribution in [3.63, 3.8) is 0 Å². The molecule has 2 aromatic carbocycles. The predicted octanol–water partition coefficient (Wildman–Crippen LogP) is 2.24. The first kappa shape index (κ1) is 56.2. The van der Waals surface area contributed by atoms with Gasteiger partial charge in [0.2, 0.25) is 41.2 Å². The van der Waals surface area contributed by atoms with E-state index in [4.69, 9.17) is 10.8 Å². The fourth-order valence-electron chi connectivity index (χ4n) is 7.56. The molecule has 7 amide bonds. The number of primary amides is 1. The maximum absolute atomic E-state index is 14.5. The van der Waals surface area contributed by atoms with Crippen LogP contribution in [0.4, 0.5) is 0 Å². The van der Waals surface area contributed by atoms with Gasteiger partial charge in [-0.1, -0.05) is 96.8 Å². The minimum Gasteiger partial charge on any atom is -0.481 e. The van der Waals surface area contributed by atoms with Gasteiger partial charge in [-0.15, -0.1) is 0 Å². The van der Waals surface area contributed by atoms with Crippen LogP contribution in [-0.4, -0.2) is 111 Å². The van der Waals surface area contributed by atoms with Gasteiger partial charge in [-0.25, -0.2) is 0 Å². The number of amides is 7. The number of para-hydroxylation sites is 1. The molecule has 0 aliphatic heterocycles. The number of hydrogen-bond acceptors (Lipinski definition) is 10. The summed E-state index contributed by atoms with van der Waals surface area (Å²) < 4.78 is 0. The zero-order valence-electron chi connectivity index (χ0n) is 40.4. The number of nitrogens with two attached hydrogens (primary N) is 1. The largest absolute Gasteiger partial charge is 0.481 e. The Morgan fingerprint density at radius 3 is 1.77 bits per heavy atom. The van der Waals surface area contributed by atoms with Gasteiger partial charge >= 0.3 is 11.9 Å². The summed E-state index contributed by atoms with van der Waals surface area (Å²) in [5.74, 6) is -9.87. The number of aliphatic carboxylic acids is 2. The maximum Gasteiger partial charge on any atom is 0.303 e. The van der Waals surface area contributed by atoms with Gasteiger partial charge in [0, 0.05) is 42.8 Å². The maximum atomic E-state index is 14.5. The quantitative estimate of drug-likeness (QED) is 0.0469. The number of carboxylic acid groups (broad SMARTS) is 2. The molecule has 20 nitrogen and oxygen atoms in total. The number of Topliss-reactive ketones (excluding diaryl/α,β-unsaturated/α-hetero) is 1. The van der Waals surface area contributed by atoms with Crippen molar-refractivity contribution >= 4 is 70.0 Å². The molecule has 0 aliphatic carbocycles. The third-order valence-corrected chi connectivity index (χ3v) is 11.4. The lowest BCUT2D eigenvalue weighted by atomic mass is 9.85. The summed E-state index contributed by atoms with van der Waals surface area (Å²) >= 11 is 0. The van der Waals surface area contributed by atoms with Gasteiger partial charge in [0.05, 0.1) is 12.5 Å². The Morgan fingerprint density at radius 2 is 1.16 bits per heavy atom. The zero-order chi connectivity index (χ0) is 51.6. The fraction of sp³-hybridized carbons (Fsp3) is 0.510. The highest BCUT2D eigenvalue weighted by atomic mass is 16.4. The first-order chi connectivity index (χ1) is 32.4. The van der Waals surface area contributed by atoms with E-state index in [2.05, 4.69) is 36.9 Å². The van der Waals surface area contributed by atoms with Gasteiger partial charge in [-0.2, -0.15) is 0 Å². The van der Waals surface area contributed by atoms with Crippen LogP contribution in [0.1, 0.15) is 110 Å². The number of hydrogen-bond donors (Lipinski definition) is 10. The van der Waals surface area contributed by atoms with Crippen molar-refractivity contribution in [3.05, 3.63) is 71.4 Å². The number of aryl methyl sites for hydroxylation is 1. The highest BCUT2D eigenvalue weighted by Crippen LogP contribution is 2.22. The number of carboxylic acids is 2. The number of ketones is 1. The lowest BCUT2D eigenvalue weighted by Crippen LogP contribution is -2.62. The van der Waals surface area contributed by atoms with Crippen molar-refractivity contribution in [3.8, 4) is 0 Å². The van der Waals surface area contributed by atoms with E-state index in [1.165, 1.54) is 0 Å². The number of carbonyl (C=O) groups is 10. The van der Waals surface area contributed by atoms with Crippen molar-refractivity contribution in [2.24, 2.45) is 17.1 Å². The molecule has 0 radical (unpaired) electrons. The van der Waals surface area contributed by atoms with E-state index in [1.807, 2.05) is 20.8 Å². The summed E-state index contributed by atoms with van der Waals surface area (Å²) in [5.41, 5.74) is 6.96. The fourth-order valence-corrected chi connectivity index (χ4v) is 7.56. The first-order valence-electron chi connectivity index (χ1n) is 23.1.